The van der Waals surface area contributed by atoms with E-state index in [4.69, 9.17) is 4.42 Å². The van der Waals surface area contributed by atoms with Crippen LogP contribution in [0.4, 0.5) is 5.69 Å². The molecule has 2 aromatic carbocycles. The van der Waals surface area contributed by atoms with Crippen molar-refractivity contribution in [3.05, 3.63) is 54.6 Å². The summed E-state index contributed by atoms with van der Waals surface area (Å²) >= 11 is 0. The van der Waals surface area contributed by atoms with Gasteiger partial charge >= 0.3 is 0 Å². The first-order valence-corrected chi connectivity index (χ1v) is 7.85. The van der Waals surface area contributed by atoms with Crippen LogP contribution in [0.3, 0.4) is 0 Å². The summed E-state index contributed by atoms with van der Waals surface area (Å²) in [5, 5.41) is 11.7. The first-order valence-electron chi connectivity index (χ1n) is 7.85. The number of nitrogens with zero attached hydrogens (tertiary/aromatic N) is 3. The van der Waals surface area contributed by atoms with Crippen LogP contribution in [0.15, 0.2) is 59.0 Å². The molecule has 1 aliphatic heterocycles. The lowest BCUT2D eigenvalue weighted by Gasteiger charge is -2.29. The molecule has 1 N–H and O–H groups in total. The molecule has 0 atom stereocenters. The number of anilines is 1. The third kappa shape index (κ3) is 2.96. The van der Waals surface area contributed by atoms with Gasteiger partial charge in [-0.1, -0.05) is 18.2 Å². The van der Waals surface area contributed by atoms with Gasteiger partial charge in [0.2, 0.25) is 11.8 Å². The van der Waals surface area contributed by atoms with Gasteiger partial charge in [-0.15, -0.1) is 10.2 Å². The average Bonchev–Trinajstić information content (AvgIpc) is 3.14. The van der Waals surface area contributed by atoms with Crippen molar-refractivity contribution in [1.82, 2.24) is 15.5 Å². The van der Waals surface area contributed by atoms with Gasteiger partial charge in [0.25, 0.3) is 0 Å². The zero-order valence-electron chi connectivity index (χ0n) is 12.8. The predicted molar refractivity (Wildman–Crippen MR) is 90.3 cm³/mol. The lowest BCUT2D eigenvalue weighted by Crippen LogP contribution is -2.43. The van der Waals surface area contributed by atoms with Gasteiger partial charge in [-0.25, -0.2) is 0 Å². The normalized spacial score (nSPS) is 14.9. The van der Waals surface area contributed by atoms with Gasteiger partial charge in [-0.05, 0) is 36.4 Å². The molecule has 116 valence electrons. The highest BCUT2D eigenvalue weighted by molar-refractivity contribution is 5.61. The molecule has 5 heteroatoms. The van der Waals surface area contributed by atoms with Gasteiger partial charge < -0.3 is 14.6 Å². The first-order chi connectivity index (χ1) is 11.4. The summed E-state index contributed by atoms with van der Waals surface area (Å²) in [5.74, 6) is 1.10. The fourth-order valence-electron chi connectivity index (χ4n) is 2.78. The standard InChI is InChI=1S/C18H18N4O/c1-2-4-14(5-3-1)17-20-21-18(23-17)15-6-8-16(9-7-15)22-12-10-19-11-13-22/h1-9,19H,10-13H2. The fraction of sp³-hybridized carbons (Fsp3) is 0.222. The Bertz CT molecular complexity index is 761. The maximum Gasteiger partial charge on any atom is 0.248 e. The highest BCUT2D eigenvalue weighted by Gasteiger charge is 2.13. The highest BCUT2D eigenvalue weighted by Crippen LogP contribution is 2.25. The molecule has 0 saturated carbocycles. The van der Waals surface area contributed by atoms with E-state index in [1.807, 2.05) is 42.5 Å². The van der Waals surface area contributed by atoms with Crippen LogP contribution in [-0.2, 0) is 0 Å². The smallest absolute Gasteiger partial charge is 0.248 e. The summed E-state index contributed by atoms with van der Waals surface area (Å²) in [6.45, 7) is 4.15. The van der Waals surface area contributed by atoms with Crippen LogP contribution in [0.1, 0.15) is 0 Å². The molecule has 23 heavy (non-hydrogen) atoms. The molecule has 1 aromatic heterocycles. The summed E-state index contributed by atoms with van der Waals surface area (Å²) in [6, 6.07) is 18.1. The fourth-order valence-corrected chi connectivity index (χ4v) is 2.78. The number of nitrogens with one attached hydrogen (secondary N) is 1. The molecule has 2 heterocycles. The molecule has 0 unspecified atom stereocenters. The number of hydrogen-bond acceptors (Lipinski definition) is 5. The van der Waals surface area contributed by atoms with E-state index >= 15 is 0 Å². The number of hydrogen-bond donors (Lipinski definition) is 1. The van der Waals surface area contributed by atoms with Crippen molar-refractivity contribution in [3.63, 3.8) is 0 Å². The summed E-state index contributed by atoms with van der Waals surface area (Å²) in [4.78, 5) is 2.38. The van der Waals surface area contributed by atoms with Gasteiger partial charge in [0.15, 0.2) is 0 Å². The van der Waals surface area contributed by atoms with E-state index in [-0.39, 0.29) is 0 Å². The van der Waals surface area contributed by atoms with Crippen LogP contribution in [0.2, 0.25) is 0 Å². The quantitative estimate of drug-likeness (QED) is 0.806. The Hall–Kier alpha value is -2.66. The largest absolute Gasteiger partial charge is 0.416 e. The number of aromatic nitrogens is 2. The minimum atomic E-state index is 0.548. The summed E-state index contributed by atoms with van der Waals surface area (Å²) in [7, 11) is 0. The van der Waals surface area contributed by atoms with Crippen LogP contribution in [0.5, 0.6) is 0 Å². The van der Waals surface area contributed by atoms with Gasteiger partial charge in [-0.3, -0.25) is 0 Å². The van der Waals surface area contributed by atoms with Crippen molar-refractivity contribution in [2.45, 2.75) is 0 Å². The molecule has 3 aromatic rings. The van der Waals surface area contributed by atoms with Crippen LogP contribution in [-0.4, -0.2) is 36.4 Å². The lowest BCUT2D eigenvalue weighted by atomic mass is 10.2. The molecule has 5 nitrogen and oxygen atoms in total. The summed E-state index contributed by atoms with van der Waals surface area (Å²) < 4.78 is 5.80. The molecule has 0 bridgehead atoms. The molecule has 1 saturated heterocycles. The minimum Gasteiger partial charge on any atom is -0.416 e. The van der Waals surface area contributed by atoms with Gasteiger partial charge in [0.1, 0.15) is 0 Å². The number of rotatable bonds is 3. The van der Waals surface area contributed by atoms with Crippen LogP contribution in [0, 0.1) is 0 Å². The Labute approximate surface area is 135 Å². The zero-order chi connectivity index (χ0) is 15.5. The van der Waals surface area contributed by atoms with Crippen LogP contribution >= 0.6 is 0 Å². The average molecular weight is 306 g/mol. The molecule has 0 aliphatic carbocycles. The zero-order valence-corrected chi connectivity index (χ0v) is 12.8. The van der Waals surface area contributed by atoms with Crippen molar-refractivity contribution < 1.29 is 4.42 Å². The minimum absolute atomic E-state index is 0.548. The Morgan fingerprint density at radius 3 is 2.04 bits per heavy atom. The molecule has 1 aliphatic rings. The summed E-state index contributed by atoms with van der Waals surface area (Å²) in [6.07, 6.45) is 0. The van der Waals surface area contributed by atoms with Crippen molar-refractivity contribution in [3.8, 4) is 22.9 Å². The van der Waals surface area contributed by atoms with E-state index < -0.39 is 0 Å². The number of piperazine rings is 1. The Kier molecular flexibility index (Phi) is 3.78. The van der Waals surface area contributed by atoms with Gasteiger partial charge in [0.05, 0.1) is 0 Å². The maximum atomic E-state index is 5.80. The molecular formula is C18H18N4O. The van der Waals surface area contributed by atoms with Crippen LogP contribution < -0.4 is 10.2 Å². The van der Waals surface area contributed by atoms with Crippen LogP contribution in [0.25, 0.3) is 22.9 Å². The molecule has 4 rings (SSSR count). The molecular weight excluding hydrogens is 288 g/mol. The van der Waals surface area contributed by atoms with Gasteiger partial charge in [-0.2, -0.15) is 0 Å². The topological polar surface area (TPSA) is 54.2 Å². The van der Waals surface area contributed by atoms with E-state index in [9.17, 15) is 0 Å². The van der Waals surface area contributed by atoms with Crippen molar-refractivity contribution in [2.24, 2.45) is 0 Å². The highest BCUT2D eigenvalue weighted by atomic mass is 16.4. The van der Waals surface area contributed by atoms with Gasteiger partial charge in [0, 0.05) is 43.0 Å². The van der Waals surface area contributed by atoms with Crippen molar-refractivity contribution >= 4 is 5.69 Å². The third-order valence-electron chi connectivity index (χ3n) is 4.04. The second kappa shape index (κ2) is 6.22. The molecule has 0 radical (unpaired) electrons. The lowest BCUT2D eigenvalue weighted by molar-refractivity contribution is 0.584. The molecule has 0 spiro atoms. The second-order valence-corrected chi connectivity index (χ2v) is 5.56. The van der Waals surface area contributed by atoms with E-state index in [1.54, 1.807) is 0 Å². The Morgan fingerprint density at radius 2 is 1.39 bits per heavy atom. The summed E-state index contributed by atoms with van der Waals surface area (Å²) in [5.41, 5.74) is 3.11. The van der Waals surface area contributed by atoms with E-state index in [2.05, 4.69) is 32.5 Å². The first kappa shape index (κ1) is 14.0. The third-order valence-corrected chi connectivity index (χ3v) is 4.04. The van der Waals surface area contributed by atoms with E-state index in [0.29, 0.717) is 11.8 Å². The molecule has 0 amide bonds. The van der Waals surface area contributed by atoms with E-state index in [1.165, 1.54) is 5.69 Å². The number of benzene rings is 2. The Balaban J connectivity index is 1.55. The Morgan fingerprint density at radius 1 is 0.783 bits per heavy atom. The predicted octanol–water partition coefficient (Wildman–Crippen LogP) is 2.81. The van der Waals surface area contributed by atoms with Crippen molar-refractivity contribution in [1.29, 1.82) is 0 Å². The second-order valence-electron chi connectivity index (χ2n) is 5.56. The SMILES string of the molecule is c1ccc(-c2nnc(-c3ccc(N4CCNCC4)cc3)o2)cc1. The maximum absolute atomic E-state index is 5.80. The monoisotopic (exact) mass is 306 g/mol. The van der Waals surface area contributed by atoms with E-state index in [0.717, 1.165) is 37.3 Å². The van der Waals surface area contributed by atoms with Crippen molar-refractivity contribution in [2.75, 3.05) is 31.1 Å². The molecule has 1 fully saturated rings.